The molecule has 0 spiro atoms. The first-order valence-corrected chi connectivity index (χ1v) is 7.10. The average molecular weight is 289 g/mol. The molecule has 0 bridgehead atoms. The third-order valence-electron chi connectivity index (χ3n) is 3.95. The molecule has 21 heavy (non-hydrogen) atoms. The number of fused-ring (bicyclic) bond motifs is 1. The summed E-state index contributed by atoms with van der Waals surface area (Å²) >= 11 is 0. The van der Waals surface area contributed by atoms with Crippen molar-refractivity contribution in [2.45, 2.75) is 31.7 Å². The molecule has 1 aliphatic carbocycles. The summed E-state index contributed by atoms with van der Waals surface area (Å²) in [5.41, 5.74) is 3.00. The van der Waals surface area contributed by atoms with Gasteiger partial charge in [0.1, 0.15) is 0 Å². The van der Waals surface area contributed by atoms with E-state index in [2.05, 4.69) is 15.3 Å². The third-order valence-corrected chi connectivity index (χ3v) is 3.95. The molecule has 2 aromatic rings. The quantitative estimate of drug-likeness (QED) is 0.936. The first-order valence-electron chi connectivity index (χ1n) is 7.10. The van der Waals surface area contributed by atoms with E-state index in [1.807, 2.05) is 13.2 Å². The Balaban J connectivity index is 1.93. The standard InChI is InChI=1S/C16H17F2N3/c1-19-13-3-2-4-14-12(13)9-20-16(21-14)11-7-5-10(6-8-11)15(17)18/h5-9,13,15,19H,2-4H2,1H3. The summed E-state index contributed by atoms with van der Waals surface area (Å²) in [6.07, 6.45) is 2.55. The van der Waals surface area contributed by atoms with E-state index in [-0.39, 0.29) is 5.56 Å². The van der Waals surface area contributed by atoms with Crippen LogP contribution in [0.5, 0.6) is 0 Å². The largest absolute Gasteiger partial charge is 0.313 e. The predicted molar refractivity (Wildman–Crippen MR) is 77.2 cm³/mol. The summed E-state index contributed by atoms with van der Waals surface area (Å²) in [4.78, 5) is 9.01. The van der Waals surface area contributed by atoms with Crippen molar-refractivity contribution in [3.8, 4) is 11.4 Å². The fourth-order valence-electron chi connectivity index (χ4n) is 2.76. The minimum absolute atomic E-state index is 0.0203. The van der Waals surface area contributed by atoms with Gasteiger partial charge in [0.2, 0.25) is 0 Å². The fraction of sp³-hybridized carbons (Fsp3) is 0.375. The molecule has 110 valence electrons. The number of alkyl halides is 2. The lowest BCUT2D eigenvalue weighted by atomic mass is 9.92. The molecule has 0 radical (unpaired) electrons. The van der Waals surface area contributed by atoms with Crippen LogP contribution in [0.25, 0.3) is 11.4 Å². The molecule has 1 N–H and O–H groups in total. The zero-order valence-corrected chi connectivity index (χ0v) is 11.8. The van der Waals surface area contributed by atoms with Gasteiger partial charge in [0.15, 0.2) is 5.82 Å². The summed E-state index contributed by atoms with van der Waals surface area (Å²) in [5, 5.41) is 3.28. The summed E-state index contributed by atoms with van der Waals surface area (Å²) in [6, 6.07) is 6.48. The maximum atomic E-state index is 12.6. The van der Waals surface area contributed by atoms with Gasteiger partial charge >= 0.3 is 0 Å². The van der Waals surface area contributed by atoms with Crippen molar-refractivity contribution >= 4 is 0 Å². The van der Waals surface area contributed by atoms with Gasteiger partial charge in [-0.3, -0.25) is 0 Å². The van der Waals surface area contributed by atoms with Gasteiger partial charge in [-0.05, 0) is 26.3 Å². The highest BCUT2D eigenvalue weighted by Crippen LogP contribution is 2.29. The van der Waals surface area contributed by atoms with Crippen LogP contribution in [-0.4, -0.2) is 17.0 Å². The molecule has 3 nitrogen and oxygen atoms in total. The number of aryl methyl sites for hydroxylation is 1. The molecule has 1 aliphatic rings. The van der Waals surface area contributed by atoms with Crippen molar-refractivity contribution < 1.29 is 8.78 Å². The van der Waals surface area contributed by atoms with E-state index in [4.69, 9.17) is 0 Å². The Hall–Kier alpha value is -1.88. The highest BCUT2D eigenvalue weighted by molar-refractivity contribution is 5.56. The van der Waals surface area contributed by atoms with Gasteiger partial charge in [0, 0.05) is 34.6 Å². The summed E-state index contributed by atoms with van der Waals surface area (Å²) in [5.74, 6) is 0.603. The second kappa shape index (κ2) is 5.85. The van der Waals surface area contributed by atoms with Crippen LogP contribution in [0.4, 0.5) is 8.78 Å². The highest BCUT2D eigenvalue weighted by Gasteiger charge is 2.21. The van der Waals surface area contributed by atoms with Gasteiger partial charge < -0.3 is 5.32 Å². The van der Waals surface area contributed by atoms with Crippen LogP contribution in [0.3, 0.4) is 0 Å². The van der Waals surface area contributed by atoms with Gasteiger partial charge in [0.05, 0.1) is 0 Å². The lowest BCUT2D eigenvalue weighted by molar-refractivity contribution is 0.151. The Morgan fingerprint density at radius 3 is 2.67 bits per heavy atom. The molecule has 1 atom stereocenters. The molecule has 1 heterocycles. The summed E-state index contributed by atoms with van der Waals surface area (Å²) < 4.78 is 25.1. The van der Waals surface area contributed by atoms with Gasteiger partial charge in [-0.25, -0.2) is 18.7 Å². The maximum Gasteiger partial charge on any atom is 0.263 e. The number of nitrogens with one attached hydrogen (secondary N) is 1. The number of halogens is 2. The average Bonchev–Trinajstić information content (AvgIpc) is 2.53. The number of hydrogen-bond acceptors (Lipinski definition) is 3. The summed E-state index contributed by atoms with van der Waals surface area (Å²) in [7, 11) is 1.94. The monoisotopic (exact) mass is 289 g/mol. The molecule has 0 saturated heterocycles. The van der Waals surface area contributed by atoms with Crippen LogP contribution in [0.15, 0.2) is 30.5 Å². The molecule has 1 aromatic carbocycles. The topological polar surface area (TPSA) is 37.8 Å². The van der Waals surface area contributed by atoms with Crippen LogP contribution in [0.2, 0.25) is 0 Å². The lowest BCUT2D eigenvalue weighted by Crippen LogP contribution is -2.22. The maximum absolute atomic E-state index is 12.6. The third kappa shape index (κ3) is 2.78. The van der Waals surface area contributed by atoms with Crippen molar-refractivity contribution in [1.82, 2.24) is 15.3 Å². The van der Waals surface area contributed by atoms with E-state index in [0.717, 1.165) is 36.1 Å². The first-order chi connectivity index (χ1) is 10.2. The van der Waals surface area contributed by atoms with Gasteiger partial charge in [-0.2, -0.15) is 0 Å². The molecule has 5 heteroatoms. The molecule has 3 rings (SSSR count). The molecular weight excluding hydrogens is 272 g/mol. The predicted octanol–water partition coefficient (Wildman–Crippen LogP) is 3.68. The molecule has 0 aliphatic heterocycles. The van der Waals surface area contributed by atoms with E-state index in [1.54, 1.807) is 12.1 Å². The molecule has 1 unspecified atom stereocenters. The SMILES string of the molecule is CNC1CCCc2nc(-c3ccc(C(F)F)cc3)ncc21. The Kier molecular flexibility index (Phi) is 3.92. The smallest absolute Gasteiger partial charge is 0.263 e. The van der Waals surface area contributed by atoms with Crippen molar-refractivity contribution in [3.63, 3.8) is 0 Å². The molecule has 1 aromatic heterocycles. The number of rotatable bonds is 3. The van der Waals surface area contributed by atoms with Crippen LogP contribution in [-0.2, 0) is 6.42 Å². The van der Waals surface area contributed by atoms with E-state index in [1.165, 1.54) is 12.1 Å². The van der Waals surface area contributed by atoms with Crippen LogP contribution < -0.4 is 5.32 Å². The van der Waals surface area contributed by atoms with Crippen molar-refractivity contribution in [2.75, 3.05) is 7.05 Å². The van der Waals surface area contributed by atoms with Gasteiger partial charge in [-0.15, -0.1) is 0 Å². The Morgan fingerprint density at radius 2 is 2.00 bits per heavy atom. The van der Waals surface area contributed by atoms with Crippen LogP contribution in [0.1, 0.15) is 42.1 Å². The van der Waals surface area contributed by atoms with Crippen molar-refractivity contribution in [3.05, 3.63) is 47.3 Å². The normalized spacial score (nSPS) is 17.8. The lowest BCUT2D eigenvalue weighted by Gasteiger charge is -2.24. The number of aromatic nitrogens is 2. The second-order valence-electron chi connectivity index (χ2n) is 5.25. The molecule has 0 amide bonds. The van der Waals surface area contributed by atoms with Crippen LogP contribution >= 0.6 is 0 Å². The molecule has 0 fully saturated rings. The highest BCUT2D eigenvalue weighted by atomic mass is 19.3. The zero-order chi connectivity index (χ0) is 14.8. The van der Waals surface area contributed by atoms with E-state index in [9.17, 15) is 8.78 Å². The Bertz CT molecular complexity index is 626. The second-order valence-corrected chi connectivity index (χ2v) is 5.25. The Labute approximate surface area is 122 Å². The van der Waals surface area contributed by atoms with Gasteiger partial charge in [-0.1, -0.05) is 24.3 Å². The zero-order valence-electron chi connectivity index (χ0n) is 11.8. The van der Waals surface area contributed by atoms with E-state index in [0.29, 0.717) is 11.9 Å². The van der Waals surface area contributed by atoms with E-state index >= 15 is 0 Å². The van der Waals surface area contributed by atoms with Gasteiger partial charge in [0.25, 0.3) is 6.43 Å². The Morgan fingerprint density at radius 1 is 1.24 bits per heavy atom. The number of hydrogen-bond donors (Lipinski definition) is 1. The fourth-order valence-corrected chi connectivity index (χ4v) is 2.76. The minimum Gasteiger partial charge on any atom is -0.313 e. The van der Waals surface area contributed by atoms with Crippen LogP contribution in [0, 0.1) is 0 Å². The number of benzene rings is 1. The molecular formula is C16H17F2N3. The van der Waals surface area contributed by atoms with Crippen molar-refractivity contribution in [1.29, 1.82) is 0 Å². The summed E-state index contributed by atoms with van der Waals surface area (Å²) in [6.45, 7) is 0. The molecule has 0 saturated carbocycles. The minimum atomic E-state index is -2.44. The number of nitrogens with zero attached hydrogens (tertiary/aromatic N) is 2. The van der Waals surface area contributed by atoms with E-state index < -0.39 is 6.43 Å². The first kappa shape index (κ1) is 14.1. The van der Waals surface area contributed by atoms with Crippen molar-refractivity contribution in [2.24, 2.45) is 0 Å².